The molecule has 37 heavy (non-hydrogen) atoms. The topological polar surface area (TPSA) is 241 Å². The lowest BCUT2D eigenvalue weighted by atomic mass is 9.96. The fraction of sp³-hybridized carbons (Fsp3) is 0.792. The second-order valence-electron chi connectivity index (χ2n) is 9.80. The SMILES string of the molecule is CCC(C)C(NC(=O)C(N)CC(C)C)C(=O)NC(CCCCN)C(=O)NC(CCCN=C(N)N)C(=O)O. The molecule has 5 unspecified atom stereocenters. The maximum absolute atomic E-state index is 13.2. The summed E-state index contributed by atoms with van der Waals surface area (Å²) in [5.74, 6) is -2.96. The van der Waals surface area contributed by atoms with Crippen molar-refractivity contribution in [1.29, 1.82) is 0 Å². The van der Waals surface area contributed by atoms with E-state index in [-0.39, 0.29) is 37.2 Å². The van der Waals surface area contributed by atoms with Crippen LogP contribution in [0.3, 0.4) is 0 Å². The molecule has 0 saturated heterocycles. The standard InChI is InChI=1S/C24H48N8O5/c1-5-15(4)19(32-20(33)16(26)13-14(2)3)22(35)30-17(9-6-7-11-25)21(34)31-18(23(36)37)10-8-12-29-24(27)28/h14-19H,5-13,25-26H2,1-4H3,(H,30,35)(H,31,34)(H,32,33)(H,36,37)(H4,27,28,29). The molecular weight excluding hydrogens is 480 g/mol. The number of aliphatic carboxylic acids is 1. The first kappa shape index (κ1) is 34.1. The molecule has 0 heterocycles. The van der Waals surface area contributed by atoms with E-state index in [1.165, 1.54) is 0 Å². The largest absolute Gasteiger partial charge is 0.480 e. The van der Waals surface area contributed by atoms with Crippen molar-refractivity contribution in [3.8, 4) is 0 Å². The first-order valence-electron chi connectivity index (χ1n) is 13.0. The predicted octanol–water partition coefficient (Wildman–Crippen LogP) is -0.872. The van der Waals surface area contributed by atoms with Crippen LogP contribution in [0.5, 0.6) is 0 Å². The number of unbranched alkanes of at least 4 members (excludes halogenated alkanes) is 1. The molecule has 0 aliphatic carbocycles. The molecule has 0 saturated carbocycles. The molecule has 214 valence electrons. The van der Waals surface area contributed by atoms with Gasteiger partial charge in [0.25, 0.3) is 0 Å². The van der Waals surface area contributed by atoms with Crippen LogP contribution in [0.15, 0.2) is 4.99 Å². The van der Waals surface area contributed by atoms with Crippen LogP contribution < -0.4 is 38.9 Å². The number of carboxylic acid groups (broad SMARTS) is 1. The maximum atomic E-state index is 13.2. The van der Waals surface area contributed by atoms with E-state index in [1.54, 1.807) is 0 Å². The Hall–Kier alpha value is -2.93. The molecular formula is C24H48N8O5. The minimum absolute atomic E-state index is 0.0978. The van der Waals surface area contributed by atoms with E-state index in [1.807, 2.05) is 27.7 Å². The molecule has 0 rings (SSSR count). The lowest BCUT2D eigenvalue weighted by Crippen LogP contribution is -2.58. The Labute approximate surface area is 219 Å². The summed E-state index contributed by atoms with van der Waals surface area (Å²) in [5.41, 5.74) is 22.1. The fourth-order valence-electron chi connectivity index (χ4n) is 3.63. The van der Waals surface area contributed by atoms with Crippen LogP contribution in [0.1, 0.15) is 72.6 Å². The zero-order valence-corrected chi connectivity index (χ0v) is 22.7. The second kappa shape index (κ2) is 18.3. The van der Waals surface area contributed by atoms with Crippen LogP contribution in [-0.2, 0) is 19.2 Å². The van der Waals surface area contributed by atoms with Crippen molar-refractivity contribution in [2.24, 2.45) is 39.8 Å². The maximum Gasteiger partial charge on any atom is 0.326 e. The van der Waals surface area contributed by atoms with Crippen molar-refractivity contribution in [1.82, 2.24) is 16.0 Å². The van der Waals surface area contributed by atoms with Crippen molar-refractivity contribution < 1.29 is 24.3 Å². The minimum Gasteiger partial charge on any atom is -0.480 e. The molecule has 0 aromatic heterocycles. The molecule has 0 aliphatic rings. The van der Waals surface area contributed by atoms with Gasteiger partial charge in [-0.25, -0.2) is 4.79 Å². The Morgan fingerprint density at radius 3 is 1.97 bits per heavy atom. The Morgan fingerprint density at radius 2 is 1.46 bits per heavy atom. The molecule has 0 radical (unpaired) electrons. The Kier molecular flexibility index (Phi) is 16.9. The molecule has 0 fully saturated rings. The summed E-state index contributed by atoms with van der Waals surface area (Å²) in [5, 5.41) is 17.5. The summed E-state index contributed by atoms with van der Waals surface area (Å²) in [7, 11) is 0. The number of nitrogens with zero attached hydrogens (tertiary/aromatic N) is 1. The molecule has 0 bridgehead atoms. The van der Waals surface area contributed by atoms with Crippen LogP contribution in [0.4, 0.5) is 0 Å². The molecule has 13 nitrogen and oxygen atoms in total. The Bertz CT molecular complexity index is 757. The van der Waals surface area contributed by atoms with Gasteiger partial charge in [-0.3, -0.25) is 19.4 Å². The molecule has 3 amide bonds. The first-order valence-corrected chi connectivity index (χ1v) is 13.0. The molecule has 0 aromatic rings. The number of rotatable bonds is 19. The Balaban J connectivity index is 5.54. The number of amides is 3. The summed E-state index contributed by atoms with van der Waals surface area (Å²) in [6.07, 6.45) is 2.90. The van der Waals surface area contributed by atoms with E-state index in [2.05, 4.69) is 20.9 Å². The van der Waals surface area contributed by atoms with Gasteiger partial charge in [0.2, 0.25) is 17.7 Å². The number of carbonyl (C=O) groups excluding carboxylic acids is 3. The second-order valence-corrected chi connectivity index (χ2v) is 9.80. The third kappa shape index (κ3) is 14.4. The van der Waals surface area contributed by atoms with E-state index in [0.717, 1.165) is 0 Å². The zero-order valence-electron chi connectivity index (χ0n) is 22.7. The van der Waals surface area contributed by atoms with Gasteiger partial charge in [-0.05, 0) is 56.9 Å². The Morgan fingerprint density at radius 1 is 0.865 bits per heavy atom. The summed E-state index contributed by atoms with van der Waals surface area (Å²) >= 11 is 0. The number of guanidine groups is 1. The molecule has 0 spiro atoms. The van der Waals surface area contributed by atoms with Gasteiger partial charge in [-0.2, -0.15) is 0 Å². The highest BCUT2D eigenvalue weighted by atomic mass is 16.4. The summed E-state index contributed by atoms with van der Waals surface area (Å²) in [4.78, 5) is 54.4. The molecule has 5 atom stereocenters. The zero-order chi connectivity index (χ0) is 28.5. The number of carboxylic acids is 1. The van der Waals surface area contributed by atoms with Crippen molar-refractivity contribution in [2.75, 3.05) is 13.1 Å². The van der Waals surface area contributed by atoms with Crippen LogP contribution in [-0.4, -0.2) is 72.0 Å². The fourth-order valence-corrected chi connectivity index (χ4v) is 3.63. The molecule has 0 aliphatic heterocycles. The van der Waals surface area contributed by atoms with Gasteiger partial charge in [-0.15, -0.1) is 0 Å². The highest BCUT2D eigenvalue weighted by Crippen LogP contribution is 2.12. The number of carbonyl (C=O) groups is 4. The van der Waals surface area contributed by atoms with Crippen LogP contribution in [0.25, 0.3) is 0 Å². The van der Waals surface area contributed by atoms with Crippen LogP contribution in [0, 0.1) is 11.8 Å². The number of nitrogens with one attached hydrogen (secondary N) is 3. The van der Waals surface area contributed by atoms with Gasteiger partial charge >= 0.3 is 5.97 Å². The predicted molar refractivity (Wildman–Crippen MR) is 143 cm³/mol. The summed E-state index contributed by atoms with van der Waals surface area (Å²) in [6.45, 7) is 8.22. The van der Waals surface area contributed by atoms with Gasteiger partial charge < -0.3 is 44.0 Å². The van der Waals surface area contributed by atoms with Crippen LogP contribution in [0.2, 0.25) is 0 Å². The third-order valence-corrected chi connectivity index (χ3v) is 6.00. The van der Waals surface area contributed by atoms with E-state index in [9.17, 15) is 24.3 Å². The van der Waals surface area contributed by atoms with Gasteiger partial charge in [-0.1, -0.05) is 34.1 Å². The van der Waals surface area contributed by atoms with Crippen LogP contribution >= 0.6 is 0 Å². The highest BCUT2D eigenvalue weighted by Gasteiger charge is 2.32. The van der Waals surface area contributed by atoms with Crippen molar-refractivity contribution in [3.05, 3.63) is 0 Å². The van der Waals surface area contributed by atoms with E-state index >= 15 is 0 Å². The average molecular weight is 529 g/mol. The van der Waals surface area contributed by atoms with Gasteiger partial charge in [0.1, 0.15) is 18.1 Å². The normalized spacial score (nSPS) is 15.1. The van der Waals surface area contributed by atoms with Gasteiger partial charge in [0.15, 0.2) is 5.96 Å². The molecule has 0 aromatic carbocycles. The van der Waals surface area contributed by atoms with E-state index < -0.39 is 47.9 Å². The molecule has 13 heteroatoms. The molecule has 12 N–H and O–H groups in total. The number of hydrogen-bond acceptors (Lipinski definition) is 7. The monoisotopic (exact) mass is 528 g/mol. The number of nitrogens with two attached hydrogens (primary N) is 4. The smallest absolute Gasteiger partial charge is 0.326 e. The average Bonchev–Trinajstić information content (AvgIpc) is 2.82. The van der Waals surface area contributed by atoms with E-state index in [4.69, 9.17) is 22.9 Å². The highest BCUT2D eigenvalue weighted by molar-refractivity contribution is 5.94. The lowest BCUT2D eigenvalue weighted by molar-refractivity contribution is -0.142. The first-order chi connectivity index (χ1) is 17.3. The van der Waals surface area contributed by atoms with Gasteiger partial charge in [0.05, 0.1) is 6.04 Å². The van der Waals surface area contributed by atoms with Gasteiger partial charge in [0, 0.05) is 6.54 Å². The lowest BCUT2D eigenvalue weighted by Gasteiger charge is -2.28. The summed E-state index contributed by atoms with van der Waals surface area (Å²) < 4.78 is 0. The van der Waals surface area contributed by atoms with Crippen molar-refractivity contribution in [2.45, 2.75) is 96.8 Å². The third-order valence-electron chi connectivity index (χ3n) is 6.00. The minimum atomic E-state index is -1.21. The summed E-state index contributed by atoms with van der Waals surface area (Å²) in [6, 6.07) is -3.87. The number of aliphatic imine (C=N–C) groups is 1. The quantitative estimate of drug-likeness (QED) is 0.0589. The van der Waals surface area contributed by atoms with E-state index in [0.29, 0.717) is 38.6 Å². The van der Waals surface area contributed by atoms with Crippen molar-refractivity contribution >= 4 is 29.7 Å². The van der Waals surface area contributed by atoms with Crippen molar-refractivity contribution in [3.63, 3.8) is 0 Å². The number of hydrogen-bond donors (Lipinski definition) is 8.